The predicted molar refractivity (Wildman–Crippen MR) is 109 cm³/mol. The van der Waals surface area contributed by atoms with E-state index in [1.807, 2.05) is 0 Å². The largest absolute Gasteiger partial charge is 0.508 e. The third-order valence-corrected chi connectivity index (χ3v) is 4.14. The smallest absolute Gasteiger partial charge is 0.326 e. The highest BCUT2D eigenvalue weighted by Crippen LogP contribution is 2.11. The molecule has 1 aromatic carbocycles. The van der Waals surface area contributed by atoms with Crippen LogP contribution in [0.5, 0.6) is 5.75 Å². The van der Waals surface area contributed by atoms with Crippen LogP contribution in [-0.4, -0.2) is 71.0 Å². The van der Waals surface area contributed by atoms with Crippen LogP contribution in [-0.2, 0) is 30.4 Å². The van der Waals surface area contributed by atoms with Crippen molar-refractivity contribution in [2.24, 2.45) is 5.73 Å². The Morgan fingerprint density at radius 1 is 0.903 bits per heavy atom. The molecule has 170 valence electrons. The Morgan fingerprint density at radius 3 is 2.03 bits per heavy atom. The van der Waals surface area contributed by atoms with E-state index >= 15 is 0 Å². The number of benzene rings is 1. The first kappa shape index (κ1) is 25.4. The van der Waals surface area contributed by atoms with Gasteiger partial charge in [-0.15, -0.1) is 0 Å². The van der Waals surface area contributed by atoms with E-state index in [4.69, 9.17) is 5.73 Å². The van der Waals surface area contributed by atoms with Gasteiger partial charge >= 0.3 is 5.97 Å². The van der Waals surface area contributed by atoms with Gasteiger partial charge in [-0.2, -0.15) is 0 Å². The summed E-state index contributed by atoms with van der Waals surface area (Å²) in [5.41, 5.74) is 5.73. The van der Waals surface area contributed by atoms with Crippen LogP contribution in [0.2, 0.25) is 0 Å². The van der Waals surface area contributed by atoms with Gasteiger partial charge in [-0.05, 0) is 31.5 Å². The van der Waals surface area contributed by atoms with E-state index < -0.39 is 54.3 Å². The molecule has 8 N–H and O–H groups in total. The number of hydrogen-bond acceptors (Lipinski definition) is 7. The van der Waals surface area contributed by atoms with Crippen molar-refractivity contribution in [1.29, 1.82) is 0 Å². The zero-order valence-corrected chi connectivity index (χ0v) is 17.2. The fraction of sp³-hybridized carbons (Fsp3) is 0.421. The molecule has 0 spiro atoms. The molecule has 12 nitrogen and oxygen atoms in total. The fourth-order valence-electron chi connectivity index (χ4n) is 2.40. The number of carboxylic acid groups (broad SMARTS) is 1. The normalized spacial score (nSPS) is 13.3. The number of phenolic OH excluding ortho intramolecular Hbond substituents is 1. The molecule has 12 heteroatoms. The third-order valence-electron chi connectivity index (χ3n) is 4.14. The van der Waals surface area contributed by atoms with Gasteiger partial charge in [0.1, 0.15) is 23.9 Å². The summed E-state index contributed by atoms with van der Waals surface area (Å²) < 4.78 is 0. The number of aromatic hydroxyl groups is 1. The molecule has 0 heterocycles. The second kappa shape index (κ2) is 12.1. The first-order valence-electron chi connectivity index (χ1n) is 9.41. The Balaban J connectivity index is 2.50. The lowest BCUT2D eigenvalue weighted by Gasteiger charge is -2.19. The van der Waals surface area contributed by atoms with E-state index in [2.05, 4.69) is 21.3 Å². The number of nitrogens with two attached hydrogens (primary N) is 1. The lowest BCUT2D eigenvalue weighted by Crippen LogP contribution is -2.53. The van der Waals surface area contributed by atoms with Crippen LogP contribution in [0.1, 0.15) is 19.4 Å². The van der Waals surface area contributed by atoms with Crippen LogP contribution in [0.3, 0.4) is 0 Å². The van der Waals surface area contributed by atoms with Gasteiger partial charge < -0.3 is 37.2 Å². The van der Waals surface area contributed by atoms with Crippen molar-refractivity contribution in [3.63, 3.8) is 0 Å². The molecular weight excluding hydrogens is 410 g/mol. The minimum atomic E-state index is -1.26. The van der Waals surface area contributed by atoms with Crippen LogP contribution in [0.15, 0.2) is 24.3 Å². The van der Waals surface area contributed by atoms with E-state index in [1.54, 1.807) is 0 Å². The second-order valence-electron chi connectivity index (χ2n) is 6.77. The zero-order chi connectivity index (χ0) is 23.6. The zero-order valence-electron chi connectivity index (χ0n) is 17.2. The van der Waals surface area contributed by atoms with Crippen molar-refractivity contribution >= 4 is 29.6 Å². The summed E-state index contributed by atoms with van der Waals surface area (Å²) in [6.45, 7) is 2.01. The molecule has 0 aliphatic rings. The molecule has 4 amide bonds. The van der Waals surface area contributed by atoms with Crippen molar-refractivity contribution in [1.82, 2.24) is 21.3 Å². The molecule has 31 heavy (non-hydrogen) atoms. The van der Waals surface area contributed by atoms with Crippen molar-refractivity contribution in [2.75, 3.05) is 13.1 Å². The monoisotopic (exact) mass is 437 g/mol. The number of rotatable bonds is 11. The molecule has 3 atom stereocenters. The number of hydrogen-bond donors (Lipinski definition) is 7. The maximum atomic E-state index is 12.1. The van der Waals surface area contributed by atoms with Crippen LogP contribution >= 0.6 is 0 Å². The van der Waals surface area contributed by atoms with Crippen molar-refractivity contribution in [3.8, 4) is 5.75 Å². The van der Waals surface area contributed by atoms with Gasteiger partial charge in [-0.1, -0.05) is 12.1 Å². The number of carboxylic acids is 1. The average molecular weight is 437 g/mol. The Labute approximate surface area is 178 Å². The molecule has 0 saturated carbocycles. The van der Waals surface area contributed by atoms with Gasteiger partial charge in [0.25, 0.3) is 0 Å². The van der Waals surface area contributed by atoms with Gasteiger partial charge in [-0.25, -0.2) is 4.79 Å². The molecule has 1 aromatic rings. The highest BCUT2D eigenvalue weighted by Gasteiger charge is 2.23. The topological polar surface area (TPSA) is 200 Å². The molecule has 0 unspecified atom stereocenters. The number of carbonyl (C=O) groups excluding carboxylic acids is 4. The lowest BCUT2D eigenvalue weighted by molar-refractivity contribution is -0.141. The number of carbonyl (C=O) groups is 5. The number of aliphatic carboxylic acids is 1. The minimum absolute atomic E-state index is 0.0197. The summed E-state index contributed by atoms with van der Waals surface area (Å²) in [6, 6.07) is 2.69. The van der Waals surface area contributed by atoms with Gasteiger partial charge in [0.2, 0.25) is 23.6 Å². The van der Waals surface area contributed by atoms with Crippen LogP contribution in [0, 0.1) is 0 Å². The Morgan fingerprint density at radius 2 is 1.48 bits per heavy atom. The van der Waals surface area contributed by atoms with Crippen molar-refractivity contribution < 1.29 is 34.2 Å². The summed E-state index contributed by atoms with van der Waals surface area (Å²) >= 11 is 0. The Hall–Kier alpha value is -3.67. The standard InChI is InChI=1S/C19H27N5O7/c1-10(23-18(29)11(2)22-15(26)8-20)17(28)21-9-16(27)24-14(19(30)31)7-12-3-5-13(25)6-4-12/h3-6,10-11,14,25H,7-9,20H2,1-2H3,(H,21,28)(H,22,26)(H,23,29)(H,24,27)(H,30,31)/t10-,11-,14-/m0/s1. The van der Waals surface area contributed by atoms with E-state index in [9.17, 15) is 34.2 Å². The summed E-state index contributed by atoms with van der Waals surface area (Å²) in [6.07, 6.45) is -0.0197. The molecular formula is C19H27N5O7. The summed E-state index contributed by atoms with van der Waals surface area (Å²) in [5, 5.41) is 27.9. The van der Waals surface area contributed by atoms with E-state index in [1.165, 1.54) is 38.1 Å². The molecule has 0 aromatic heterocycles. The molecule has 0 aliphatic carbocycles. The highest BCUT2D eigenvalue weighted by molar-refractivity contribution is 5.93. The maximum absolute atomic E-state index is 12.1. The van der Waals surface area contributed by atoms with Gasteiger partial charge in [0.15, 0.2) is 0 Å². The van der Waals surface area contributed by atoms with Crippen LogP contribution in [0.25, 0.3) is 0 Å². The Bertz CT molecular complexity index is 812. The Kier molecular flexibility index (Phi) is 9.92. The maximum Gasteiger partial charge on any atom is 0.326 e. The summed E-state index contributed by atoms with van der Waals surface area (Å²) in [4.78, 5) is 58.7. The van der Waals surface area contributed by atoms with Crippen molar-refractivity contribution in [3.05, 3.63) is 29.8 Å². The SMILES string of the molecule is C[C@H](NC(=O)CN)C(=O)N[C@@H](C)C(=O)NCC(=O)N[C@@H](Cc1ccc(O)cc1)C(=O)O. The number of phenols is 1. The number of amides is 4. The lowest BCUT2D eigenvalue weighted by atomic mass is 10.1. The van der Waals surface area contributed by atoms with E-state index in [0.717, 1.165) is 0 Å². The van der Waals surface area contributed by atoms with Crippen LogP contribution < -0.4 is 27.0 Å². The summed E-state index contributed by atoms with van der Waals surface area (Å²) in [5.74, 6) is -3.79. The van der Waals surface area contributed by atoms with Crippen LogP contribution in [0.4, 0.5) is 0 Å². The molecule has 1 rings (SSSR count). The summed E-state index contributed by atoms with van der Waals surface area (Å²) in [7, 11) is 0. The molecule has 0 saturated heterocycles. The highest BCUT2D eigenvalue weighted by atomic mass is 16.4. The first-order valence-corrected chi connectivity index (χ1v) is 9.41. The first-order chi connectivity index (χ1) is 14.5. The van der Waals surface area contributed by atoms with E-state index in [0.29, 0.717) is 5.56 Å². The molecule has 0 radical (unpaired) electrons. The predicted octanol–water partition coefficient (Wildman–Crippen LogP) is -2.41. The van der Waals surface area contributed by atoms with Gasteiger partial charge in [0, 0.05) is 6.42 Å². The minimum Gasteiger partial charge on any atom is -0.508 e. The quantitative estimate of drug-likeness (QED) is 0.198. The third kappa shape index (κ3) is 9.12. The second-order valence-corrected chi connectivity index (χ2v) is 6.77. The molecule has 0 bridgehead atoms. The van der Waals surface area contributed by atoms with Gasteiger partial charge in [0.05, 0.1) is 13.1 Å². The van der Waals surface area contributed by atoms with Crippen molar-refractivity contribution in [2.45, 2.75) is 38.4 Å². The number of nitrogens with one attached hydrogen (secondary N) is 4. The molecule has 0 fully saturated rings. The fourth-order valence-corrected chi connectivity index (χ4v) is 2.40. The average Bonchev–Trinajstić information content (AvgIpc) is 2.72. The van der Waals surface area contributed by atoms with E-state index in [-0.39, 0.29) is 18.7 Å². The molecule has 0 aliphatic heterocycles. The van der Waals surface area contributed by atoms with Gasteiger partial charge in [-0.3, -0.25) is 19.2 Å².